The Labute approximate surface area is 114 Å². The predicted octanol–water partition coefficient (Wildman–Crippen LogP) is 0.707. The predicted molar refractivity (Wildman–Crippen MR) is 74.7 cm³/mol. The minimum absolute atomic E-state index is 0.0838. The van der Waals surface area contributed by atoms with Gasteiger partial charge in [0.15, 0.2) is 0 Å². The molecule has 1 saturated heterocycles. The molecule has 0 saturated carbocycles. The standard InChI is InChI=1S/C14H22N4O/c1-11(2)17-5-7-18(8-6-17)14(19)12-3-4-16-13(9-12)10-15/h3-4,9,11H,5-8,10,15H2,1-2H3. The molecule has 2 rings (SSSR count). The first-order valence-electron chi connectivity index (χ1n) is 6.80. The molecule has 1 fully saturated rings. The van der Waals surface area contributed by atoms with Gasteiger partial charge in [-0.2, -0.15) is 0 Å². The molecule has 0 unspecified atom stereocenters. The Hall–Kier alpha value is -1.46. The van der Waals surface area contributed by atoms with E-state index in [0.717, 1.165) is 31.9 Å². The molecular formula is C14H22N4O. The lowest BCUT2D eigenvalue weighted by Gasteiger charge is -2.37. The summed E-state index contributed by atoms with van der Waals surface area (Å²) in [5.74, 6) is 0.0838. The Kier molecular flexibility index (Phi) is 4.50. The van der Waals surface area contributed by atoms with Gasteiger partial charge >= 0.3 is 0 Å². The van der Waals surface area contributed by atoms with Crippen LogP contribution in [-0.4, -0.2) is 52.9 Å². The van der Waals surface area contributed by atoms with Crippen LogP contribution in [0.5, 0.6) is 0 Å². The average molecular weight is 262 g/mol. The van der Waals surface area contributed by atoms with Gasteiger partial charge in [0.2, 0.25) is 0 Å². The smallest absolute Gasteiger partial charge is 0.254 e. The molecular weight excluding hydrogens is 240 g/mol. The van der Waals surface area contributed by atoms with Crippen molar-refractivity contribution in [3.63, 3.8) is 0 Å². The molecule has 0 radical (unpaired) electrons. The number of nitrogens with zero attached hydrogens (tertiary/aromatic N) is 3. The third-order valence-electron chi connectivity index (χ3n) is 3.60. The molecule has 104 valence electrons. The molecule has 1 aliphatic heterocycles. The summed E-state index contributed by atoms with van der Waals surface area (Å²) < 4.78 is 0. The van der Waals surface area contributed by atoms with E-state index in [0.29, 0.717) is 18.2 Å². The topological polar surface area (TPSA) is 62.5 Å². The molecule has 2 N–H and O–H groups in total. The molecule has 0 bridgehead atoms. The van der Waals surface area contributed by atoms with Gasteiger partial charge < -0.3 is 10.6 Å². The van der Waals surface area contributed by atoms with Crippen LogP contribution in [-0.2, 0) is 6.54 Å². The maximum atomic E-state index is 12.4. The van der Waals surface area contributed by atoms with Gasteiger partial charge in [-0.3, -0.25) is 14.7 Å². The van der Waals surface area contributed by atoms with Crippen LogP contribution in [0.3, 0.4) is 0 Å². The van der Waals surface area contributed by atoms with Crippen molar-refractivity contribution < 1.29 is 4.79 Å². The van der Waals surface area contributed by atoms with E-state index in [9.17, 15) is 4.79 Å². The van der Waals surface area contributed by atoms with Gasteiger partial charge in [-0.1, -0.05) is 0 Å². The van der Waals surface area contributed by atoms with E-state index in [2.05, 4.69) is 23.7 Å². The second kappa shape index (κ2) is 6.12. The van der Waals surface area contributed by atoms with Crippen molar-refractivity contribution >= 4 is 5.91 Å². The first-order valence-corrected chi connectivity index (χ1v) is 6.80. The van der Waals surface area contributed by atoms with Crippen molar-refractivity contribution in [3.05, 3.63) is 29.6 Å². The van der Waals surface area contributed by atoms with E-state index in [1.54, 1.807) is 18.3 Å². The van der Waals surface area contributed by atoms with Crippen LogP contribution in [0.15, 0.2) is 18.3 Å². The van der Waals surface area contributed by atoms with E-state index in [-0.39, 0.29) is 5.91 Å². The summed E-state index contributed by atoms with van der Waals surface area (Å²) in [5.41, 5.74) is 7.00. The van der Waals surface area contributed by atoms with Crippen LogP contribution in [0.25, 0.3) is 0 Å². The fraction of sp³-hybridized carbons (Fsp3) is 0.571. The van der Waals surface area contributed by atoms with Gasteiger partial charge in [-0.05, 0) is 26.0 Å². The molecule has 19 heavy (non-hydrogen) atoms. The van der Waals surface area contributed by atoms with Gasteiger partial charge in [0, 0.05) is 50.5 Å². The third kappa shape index (κ3) is 3.30. The van der Waals surface area contributed by atoms with Crippen LogP contribution >= 0.6 is 0 Å². The number of aromatic nitrogens is 1. The van der Waals surface area contributed by atoms with Gasteiger partial charge in [0.05, 0.1) is 5.69 Å². The minimum Gasteiger partial charge on any atom is -0.336 e. The summed E-state index contributed by atoms with van der Waals surface area (Å²) in [7, 11) is 0. The highest BCUT2D eigenvalue weighted by Crippen LogP contribution is 2.11. The lowest BCUT2D eigenvalue weighted by atomic mass is 10.1. The van der Waals surface area contributed by atoms with Crippen LogP contribution in [0, 0.1) is 0 Å². The molecule has 1 aromatic heterocycles. The van der Waals surface area contributed by atoms with E-state index in [4.69, 9.17) is 5.73 Å². The number of rotatable bonds is 3. The largest absolute Gasteiger partial charge is 0.336 e. The normalized spacial score (nSPS) is 16.9. The SMILES string of the molecule is CC(C)N1CCN(C(=O)c2ccnc(CN)c2)CC1. The zero-order chi connectivity index (χ0) is 13.8. The number of amides is 1. The number of carbonyl (C=O) groups is 1. The molecule has 0 aliphatic carbocycles. The number of hydrogen-bond donors (Lipinski definition) is 1. The van der Waals surface area contributed by atoms with Crippen molar-refractivity contribution in [1.29, 1.82) is 0 Å². The quantitative estimate of drug-likeness (QED) is 0.871. The van der Waals surface area contributed by atoms with Crippen LogP contribution in [0.4, 0.5) is 0 Å². The molecule has 1 aromatic rings. The Morgan fingerprint density at radius 2 is 2.05 bits per heavy atom. The van der Waals surface area contributed by atoms with Gasteiger partial charge in [0.1, 0.15) is 0 Å². The Bertz CT molecular complexity index is 439. The fourth-order valence-electron chi connectivity index (χ4n) is 2.35. The molecule has 5 heteroatoms. The molecule has 0 atom stereocenters. The lowest BCUT2D eigenvalue weighted by molar-refractivity contribution is 0.0595. The van der Waals surface area contributed by atoms with Gasteiger partial charge in [-0.25, -0.2) is 0 Å². The molecule has 5 nitrogen and oxygen atoms in total. The maximum Gasteiger partial charge on any atom is 0.254 e. The number of nitrogens with two attached hydrogens (primary N) is 1. The Morgan fingerprint density at radius 1 is 1.37 bits per heavy atom. The summed E-state index contributed by atoms with van der Waals surface area (Å²) in [6.45, 7) is 8.20. The third-order valence-corrected chi connectivity index (χ3v) is 3.60. The number of piperazine rings is 1. The van der Waals surface area contributed by atoms with Crippen molar-refractivity contribution in [2.24, 2.45) is 5.73 Å². The van der Waals surface area contributed by atoms with E-state index < -0.39 is 0 Å². The Balaban J connectivity index is 2.01. The highest BCUT2D eigenvalue weighted by molar-refractivity contribution is 5.94. The summed E-state index contributed by atoms with van der Waals surface area (Å²) in [6.07, 6.45) is 1.65. The number of hydrogen-bond acceptors (Lipinski definition) is 4. The summed E-state index contributed by atoms with van der Waals surface area (Å²) in [4.78, 5) is 20.8. The highest BCUT2D eigenvalue weighted by atomic mass is 16.2. The van der Waals surface area contributed by atoms with Gasteiger partial charge in [-0.15, -0.1) is 0 Å². The van der Waals surface area contributed by atoms with Gasteiger partial charge in [0.25, 0.3) is 5.91 Å². The Morgan fingerprint density at radius 3 is 2.63 bits per heavy atom. The van der Waals surface area contributed by atoms with E-state index >= 15 is 0 Å². The first kappa shape index (κ1) is 14.0. The van der Waals surface area contributed by atoms with Crippen molar-refractivity contribution in [2.75, 3.05) is 26.2 Å². The molecule has 1 amide bonds. The van der Waals surface area contributed by atoms with Crippen molar-refractivity contribution in [2.45, 2.75) is 26.4 Å². The summed E-state index contributed by atoms with van der Waals surface area (Å²) in [5, 5.41) is 0. The molecule has 1 aliphatic rings. The molecule has 0 spiro atoms. The maximum absolute atomic E-state index is 12.4. The van der Waals surface area contributed by atoms with Crippen LogP contribution < -0.4 is 5.73 Å². The molecule has 0 aromatic carbocycles. The summed E-state index contributed by atoms with van der Waals surface area (Å²) >= 11 is 0. The minimum atomic E-state index is 0.0838. The fourth-order valence-corrected chi connectivity index (χ4v) is 2.35. The second-order valence-corrected chi connectivity index (χ2v) is 5.16. The second-order valence-electron chi connectivity index (χ2n) is 5.16. The zero-order valence-corrected chi connectivity index (χ0v) is 11.7. The monoisotopic (exact) mass is 262 g/mol. The molecule has 2 heterocycles. The van der Waals surface area contributed by atoms with Crippen molar-refractivity contribution in [3.8, 4) is 0 Å². The van der Waals surface area contributed by atoms with Crippen LogP contribution in [0.1, 0.15) is 29.9 Å². The number of carbonyl (C=O) groups excluding carboxylic acids is 1. The first-order chi connectivity index (χ1) is 9.11. The summed E-state index contributed by atoms with van der Waals surface area (Å²) in [6, 6.07) is 4.09. The lowest BCUT2D eigenvalue weighted by Crippen LogP contribution is -2.50. The number of pyridine rings is 1. The van der Waals surface area contributed by atoms with Crippen LogP contribution in [0.2, 0.25) is 0 Å². The van der Waals surface area contributed by atoms with E-state index in [1.807, 2.05) is 4.90 Å². The highest BCUT2D eigenvalue weighted by Gasteiger charge is 2.23. The van der Waals surface area contributed by atoms with Crippen molar-refractivity contribution in [1.82, 2.24) is 14.8 Å². The zero-order valence-electron chi connectivity index (χ0n) is 11.7. The van der Waals surface area contributed by atoms with E-state index in [1.165, 1.54) is 0 Å². The average Bonchev–Trinajstić information content (AvgIpc) is 2.46.